The van der Waals surface area contributed by atoms with Crippen molar-refractivity contribution in [3.8, 4) is 11.5 Å². The monoisotopic (exact) mass is 272 g/mol. The van der Waals surface area contributed by atoms with Crippen molar-refractivity contribution >= 4 is 0 Å². The van der Waals surface area contributed by atoms with Crippen LogP contribution in [0.5, 0.6) is 11.5 Å². The number of benzene rings is 2. The van der Waals surface area contributed by atoms with Gasteiger partial charge in [-0.2, -0.15) is 0 Å². The first-order valence-electron chi connectivity index (χ1n) is 6.68. The van der Waals surface area contributed by atoms with E-state index in [1.54, 1.807) is 14.2 Å². The predicted molar refractivity (Wildman–Crippen MR) is 79.3 cm³/mol. The van der Waals surface area contributed by atoms with Crippen molar-refractivity contribution in [2.45, 2.75) is 18.9 Å². The second kappa shape index (κ2) is 6.96. The molecule has 0 saturated heterocycles. The van der Waals surface area contributed by atoms with Crippen molar-refractivity contribution in [3.05, 3.63) is 59.7 Å². The molecule has 3 heteroatoms. The molecule has 0 saturated carbocycles. The van der Waals surface area contributed by atoms with Crippen LogP contribution in [-0.2, 0) is 6.42 Å². The lowest BCUT2D eigenvalue weighted by Gasteiger charge is -2.12. The van der Waals surface area contributed by atoms with Crippen LogP contribution < -0.4 is 9.47 Å². The number of methoxy groups -OCH3 is 2. The fourth-order valence-electron chi connectivity index (χ4n) is 2.12. The molecule has 1 atom stereocenters. The van der Waals surface area contributed by atoms with Gasteiger partial charge in [0.2, 0.25) is 0 Å². The highest BCUT2D eigenvalue weighted by molar-refractivity contribution is 5.30. The van der Waals surface area contributed by atoms with E-state index in [2.05, 4.69) is 0 Å². The first-order valence-corrected chi connectivity index (χ1v) is 6.68. The van der Waals surface area contributed by atoms with Crippen LogP contribution in [0.2, 0.25) is 0 Å². The Morgan fingerprint density at radius 2 is 1.65 bits per heavy atom. The van der Waals surface area contributed by atoms with E-state index in [1.807, 2.05) is 48.5 Å². The molecule has 0 spiro atoms. The maximum atomic E-state index is 10.2. The van der Waals surface area contributed by atoms with Gasteiger partial charge >= 0.3 is 0 Å². The third-order valence-electron chi connectivity index (χ3n) is 3.34. The van der Waals surface area contributed by atoms with Gasteiger partial charge in [-0.1, -0.05) is 24.3 Å². The normalized spacial score (nSPS) is 11.9. The summed E-state index contributed by atoms with van der Waals surface area (Å²) < 4.78 is 10.3. The third-order valence-corrected chi connectivity index (χ3v) is 3.34. The zero-order valence-corrected chi connectivity index (χ0v) is 11.9. The number of rotatable bonds is 6. The third kappa shape index (κ3) is 3.75. The van der Waals surface area contributed by atoms with Gasteiger partial charge in [0, 0.05) is 0 Å². The maximum absolute atomic E-state index is 10.2. The molecule has 0 aliphatic rings. The summed E-state index contributed by atoms with van der Waals surface area (Å²) in [6, 6.07) is 15.5. The molecule has 0 radical (unpaired) electrons. The average Bonchev–Trinajstić information content (AvgIpc) is 2.53. The van der Waals surface area contributed by atoms with E-state index >= 15 is 0 Å². The molecule has 0 bridgehead atoms. The highest BCUT2D eigenvalue weighted by Gasteiger charge is 2.08. The lowest BCUT2D eigenvalue weighted by atomic mass is 10.0. The minimum atomic E-state index is -0.466. The number of hydrogen-bond donors (Lipinski definition) is 1. The van der Waals surface area contributed by atoms with Gasteiger partial charge in [0.15, 0.2) is 0 Å². The summed E-state index contributed by atoms with van der Waals surface area (Å²) in [5.41, 5.74) is 2.07. The van der Waals surface area contributed by atoms with E-state index in [1.165, 1.54) is 0 Å². The quantitative estimate of drug-likeness (QED) is 0.876. The molecule has 20 heavy (non-hydrogen) atoms. The molecule has 2 rings (SSSR count). The molecule has 1 unspecified atom stereocenters. The lowest BCUT2D eigenvalue weighted by molar-refractivity contribution is 0.167. The predicted octanol–water partition coefficient (Wildman–Crippen LogP) is 3.37. The van der Waals surface area contributed by atoms with Gasteiger partial charge in [-0.25, -0.2) is 0 Å². The zero-order chi connectivity index (χ0) is 14.4. The van der Waals surface area contributed by atoms with Crippen molar-refractivity contribution in [3.63, 3.8) is 0 Å². The molecule has 2 aromatic rings. The van der Waals surface area contributed by atoms with E-state index in [0.29, 0.717) is 6.42 Å². The minimum Gasteiger partial charge on any atom is -0.497 e. The van der Waals surface area contributed by atoms with Gasteiger partial charge in [0.25, 0.3) is 0 Å². The Morgan fingerprint density at radius 3 is 2.30 bits per heavy atom. The molecule has 2 aromatic carbocycles. The van der Waals surface area contributed by atoms with Crippen molar-refractivity contribution in [2.24, 2.45) is 0 Å². The van der Waals surface area contributed by atoms with E-state index in [-0.39, 0.29) is 0 Å². The summed E-state index contributed by atoms with van der Waals surface area (Å²) >= 11 is 0. The number of ether oxygens (including phenoxy) is 2. The Bertz CT molecular complexity index is 534. The zero-order valence-electron chi connectivity index (χ0n) is 11.9. The van der Waals surface area contributed by atoms with Crippen LogP contribution in [0.1, 0.15) is 23.7 Å². The van der Waals surface area contributed by atoms with Gasteiger partial charge in [0.05, 0.1) is 20.3 Å². The van der Waals surface area contributed by atoms with Gasteiger partial charge in [0.1, 0.15) is 11.5 Å². The van der Waals surface area contributed by atoms with Gasteiger partial charge < -0.3 is 14.6 Å². The average molecular weight is 272 g/mol. The van der Waals surface area contributed by atoms with Crippen molar-refractivity contribution < 1.29 is 14.6 Å². The Morgan fingerprint density at radius 1 is 0.950 bits per heavy atom. The Labute approximate surface area is 119 Å². The lowest BCUT2D eigenvalue weighted by Crippen LogP contribution is -2.00. The van der Waals surface area contributed by atoms with Crippen LogP contribution >= 0.6 is 0 Å². The largest absolute Gasteiger partial charge is 0.497 e. The van der Waals surface area contributed by atoms with Gasteiger partial charge in [-0.15, -0.1) is 0 Å². The molecular formula is C17H20O3. The van der Waals surface area contributed by atoms with Crippen LogP contribution in [0.15, 0.2) is 48.5 Å². The number of hydrogen-bond acceptors (Lipinski definition) is 3. The smallest absolute Gasteiger partial charge is 0.119 e. The van der Waals surface area contributed by atoms with Crippen molar-refractivity contribution in [1.29, 1.82) is 0 Å². The van der Waals surface area contributed by atoms with E-state index < -0.39 is 6.10 Å². The number of aliphatic hydroxyl groups is 1. The maximum Gasteiger partial charge on any atom is 0.119 e. The van der Waals surface area contributed by atoms with Crippen LogP contribution in [0.25, 0.3) is 0 Å². The molecule has 0 heterocycles. The molecular weight excluding hydrogens is 252 g/mol. The van der Waals surface area contributed by atoms with E-state index in [4.69, 9.17) is 9.47 Å². The van der Waals surface area contributed by atoms with Crippen LogP contribution in [0, 0.1) is 0 Å². The van der Waals surface area contributed by atoms with Crippen LogP contribution in [0.4, 0.5) is 0 Å². The highest BCUT2D eigenvalue weighted by atomic mass is 16.5. The second-order valence-electron chi connectivity index (χ2n) is 4.68. The molecule has 0 aliphatic heterocycles. The fraction of sp³-hybridized carbons (Fsp3) is 0.294. The molecule has 3 nitrogen and oxygen atoms in total. The Hall–Kier alpha value is -2.00. The number of aryl methyl sites for hydroxylation is 1. The topological polar surface area (TPSA) is 38.7 Å². The summed E-state index contributed by atoms with van der Waals surface area (Å²) in [4.78, 5) is 0. The first-order chi connectivity index (χ1) is 9.72. The Kier molecular flexibility index (Phi) is 5.02. The van der Waals surface area contributed by atoms with Crippen LogP contribution in [-0.4, -0.2) is 19.3 Å². The number of aliphatic hydroxyl groups excluding tert-OH is 1. The first kappa shape index (κ1) is 14.4. The minimum absolute atomic E-state index is 0.466. The summed E-state index contributed by atoms with van der Waals surface area (Å²) in [7, 11) is 3.29. The van der Waals surface area contributed by atoms with Gasteiger partial charge in [-0.3, -0.25) is 0 Å². The van der Waals surface area contributed by atoms with E-state index in [0.717, 1.165) is 29.0 Å². The summed E-state index contributed by atoms with van der Waals surface area (Å²) in [5.74, 6) is 1.65. The van der Waals surface area contributed by atoms with E-state index in [9.17, 15) is 5.11 Å². The summed E-state index contributed by atoms with van der Waals surface area (Å²) in [6.45, 7) is 0. The fourth-order valence-corrected chi connectivity index (χ4v) is 2.12. The van der Waals surface area contributed by atoms with Crippen molar-refractivity contribution in [2.75, 3.05) is 14.2 Å². The molecule has 0 aromatic heterocycles. The molecule has 1 N–H and O–H groups in total. The molecule has 0 amide bonds. The molecule has 0 aliphatic carbocycles. The SMILES string of the molecule is COc1ccc(C(O)CCc2cccc(OC)c2)cc1. The van der Waals surface area contributed by atoms with Crippen molar-refractivity contribution in [1.82, 2.24) is 0 Å². The van der Waals surface area contributed by atoms with Gasteiger partial charge in [-0.05, 0) is 48.2 Å². The molecule has 106 valence electrons. The summed E-state index contributed by atoms with van der Waals surface area (Å²) in [6.07, 6.45) is 1.02. The second-order valence-corrected chi connectivity index (χ2v) is 4.68. The highest BCUT2D eigenvalue weighted by Crippen LogP contribution is 2.22. The van der Waals surface area contributed by atoms with Crippen LogP contribution in [0.3, 0.4) is 0 Å². The summed E-state index contributed by atoms with van der Waals surface area (Å²) in [5, 5.41) is 10.2. The molecule has 0 fully saturated rings. The standard InChI is InChI=1S/C17H20O3/c1-19-15-9-7-14(8-10-15)17(18)11-6-13-4-3-5-16(12-13)20-2/h3-5,7-10,12,17-18H,6,11H2,1-2H3. The Balaban J connectivity index is 1.95.